The number of nitrogens with zero attached hydrogens (tertiary/aromatic N) is 1. The lowest BCUT2D eigenvalue weighted by molar-refractivity contribution is -0.121. The van der Waals surface area contributed by atoms with E-state index in [4.69, 9.17) is 14.2 Å². The Kier molecular flexibility index (Phi) is 6.63. The van der Waals surface area contributed by atoms with Gasteiger partial charge in [-0.3, -0.25) is 4.79 Å². The summed E-state index contributed by atoms with van der Waals surface area (Å²) in [5, 5.41) is 3.31. The average Bonchev–Trinajstić information content (AvgIpc) is 2.86. The summed E-state index contributed by atoms with van der Waals surface area (Å²) in [6.45, 7) is 5.50. The van der Waals surface area contributed by atoms with Crippen LogP contribution in [0.4, 0.5) is 15.8 Å². The van der Waals surface area contributed by atoms with Gasteiger partial charge in [-0.15, -0.1) is 0 Å². The average molecular weight is 493 g/mol. The van der Waals surface area contributed by atoms with Crippen LogP contribution in [0.15, 0.2) is 48.5 Å². The smallest absolute Gasteiger partial charge is 0.337 e. The maximum absolute atomic E-state index is 13.9. The Morgan fingerprint density at radius 2 is 1.78 bits per heavy atom. The van der Waals surface area contributed by atoms with Gasteiger partial charge in [0.2, 0.25) is 0 Å². The van der Waals surface area contributed by atoms with Crippen LogP contribution < -0.4 is 19.7 Å². The Balaban J connectivity index is 1.93. The number of aryl methyl sites for hydroxylation is 1. The third-order valence-corrected chi connectivity index (χ3v) is 6.34. The lowest BCUT2D eigenvalue weighted by Crippen LogP contribution is -2.52. The minimum Gasteiger partial charge on any atom is -0.496 e. The first kappa shape index (κ1) is 25.0. The number of fused-ring (bicyclic) bond motifs is 1. The number of carbonyl (C=O) groups is 2. The fraction of sp³-hybridized carbons (Fsp3) is 0.286. The van der Waals surface area contributed by atoms with Crippen molar-refractivity contribution < 1.29 is 28.2 Å². The minimum absolute atomic E-state index is 0.0358. The molecule has 3 aromatic rings. The molecule has 188 valence electrons. The van der Waals surface area contributed by atoms with Gasteiger partial charge in [-0.25, -0.2) is 9.18 Å². The molecule has 0 saturated heterocycles. The van der Waals surface area contributed by atoms with E-state index in [2.05, 4.69) is 5.32 Å². The van der Waals surface area contributed by atoms with E-state index in [9.17, 15) is 14.0 Å². The van der Waals surface area contributed by atoms with E-state index in [1.165, 1.54) is 19.2 Å². The molecule has 0 aromatic heterocycles. The molecule has 0 aliphatic carbocycles. The lowest BCUT2D eigenvalue weighted by atomic mass is 9.91. The third kappa shape index (κ3) is 4.46. The SMILES string of the molecule is COC(=O)c1ccc(OC)c(-c2ccc3c(c2COc2cc(F)ccc2C)N(C)C(=O)C(C)(C)N3)c1. The van der Waals surface area contributed by atoms with Crippen molar-refractivity contribution in [2.24, 2.45) is 0 Å². The highest BCUT2D eigenvalue weighted by atomic mass is 19.1. The highest BCUT2D eigenvalue weighted by Crippen LogP contribution is 2.44. The Labute approximate surface area is 209 Å². The maximum atomic E-state index is 13.9. The van der Waals surface area contributed by atoms with Crippen LogP contribution in [0.5, 0.6) is 11.5 Å². The quantitative estimate of drug-likeness (QED) is 0.468. The van der Waals surface area contributed by atoms with Crippen molar-refractivity contribution in [3.8, 4) is 22.6 Å². The highest BCUT2D eigenvalue weighted by Gasteiger charge is 2.38. The fourth-order valence-corrected chi connectivity index (χ4v) is 4.47. The highest BCUT2D eigenvalue weighted by molar-refractivity contribution is 6.09. The number of esters is 1. The second-order valence-electron chi connectivity index (χ2n) is 9.21. The van der Waals surface area contributed by atoms with Crippen LogP contribution in [-0.4, -0.2) is 38.7 Å². The van der Waals surface area contributed by atoms with Crippen molar-refractivity contribution in [1.82, 2.24) is 0 Å². The standard InChI is InChI=1S/C28H29FN2O5/c1-16-7-9-18(29)14-24(16)36-15-21-19(20-13-17(26(32)35-6)8-12-23(20)34-5)10-11-22-25(21)31(4)27(33)28(2,3)30-22/h7-14,30H,15H2,1-6H3. The van der Waals surface area contributed by atoms with Gasteiger partial charge in [0.25, 0.3) is 5.91 Å². The van der Waals surface area contributed by atoms with Gasteiger partial charge in [0.15, 0.2) is 0 Å². The molecular weight excluding hydrogens is 463 g/mol. The summed E-state index contributed by atoms with van der Waals surface area (Å²) < 4.78 is 30.5. The van der Waals surface area contributed by atoms with Crippen LogP contribution in [0.1, 0.15) is 35.3 Å². The van der Waals surface area contributed by atoms with E-state index in [-0.39, 0.29) is 12.5 Å². The van der Waals surface area contributed by atoms with E-state index in [1.54, 1.807) is 43.3 Å². The van der Waals surface area contributed by atoms with E-state index < -0.39 is 17.3 Å². The monoisotopic (exact) mass is 492 g/mol. The Bertz CT molecular complexity index is 1350. The summed E-state index contributed by atoms with van der Waals surface area (Å²) in [5.74, 6) is -0.0868. The first-order valence-corrected chi connectivity index (χ1v) is 11.4. The number of ether oxygens (including phenoxy) is 3. The number of likely N-dealkylation sites (N-methyl/N-ethyl adjacent to an activating group) is 1. The summed E-state index contributed by atoms with van der Waals surface area (Å²) in [6.07, 6.45) is 0. The van der Waals surface area contributed by atoms with Crippen LogP contribution in [0.2, 0.25) is 0 Å². The lowest BCUT2D eigenvalue weighted by Gasteiger charge is -2.39. The molecule has 0 atom stereocenters. The number of anilines is 2. The number of rotatable bonds is 6. The van der Waals surface area contributed by atoms with Crippen LogP contribution >= 0.6 is 0 Å². The van der Waals surface area contributed by atoms with Crippen LogP contribution in [0.25, 0.3) is 11.1 Å². The molecule has 0 bridgehead atoms. The van der Waals surface area contributed by atoms with Gasteiger partial charge < -0.3 is 24.4 Å². The predicted molar refractivity (Wildman–Crippen MR) is 136 cm³/mol. The summed E-state index contributed by atoms with van der Waals surface area (Å²) in [7, 11) is 4.58. The van der Waals surface area contributed by atoms with E-state index in [0.29, 0.717) is 39.4 Å². The molecule has 36 heavy (non-hydrogen) atoms. The Morgan fingerprint density at radius 3 is 2.47 bits per heavy atom. The first-order chi connectivity index (χ1) is 17.1. The Hall–Kier alpha value is -4.07. The molecule has 7 nitrogen and oxygen atoms in total. The predicted octanol–water partition coefficient (Wildman–Crippen LogP) is 5.34. The number of hydrogen-bond donors (Lipinski definition) is 1. The maximum Gasteiger partial charge on any atom is 0.337 e. The van der Waals surface area contributed by atoms with Crippen LogP contribution in [-0.2, 0) is 16.1 Å². The number of nitrogens with one attached hydrogen (secondary N) is 1. The minimum atomic E-state index is -0.803. The topological polar surface area (TPSA) is 77.1 Å². The van der Waals surface area contributed by atoms with Crippen molar-refractivity contribution >= 4 is 23.3 Å². The number of amides is 1. The van der Waals surface area contributed by atoms with Gasteiger partial charge in [0.05, 0.1) is 31.2 Å². The summed E-state index contributed by atoms with van der Waals surface area (Å²) >= 11 is 0. The molecule has 0 unspecified atom stereocenters. The molecule has 0 radical (unpaired) electrons. The van der Waals surface area contributed by atoms with Crippen LogP contribution in [0, 0.1) is 12.7 Å². The van der Waals surface area contributed by atoms with E-state index >= 15 is 0 Å². The summed E-state index contributed by atoms with van der Waals surface area (Å²) in [5.41, 5.74) is 3.72. The molecule has 1 N–H and O–H groups in total. The molecule has 0 fully saturated rings. The van der Waals surface area contributed by atoms with E-state index in [0.717, 1.165) is 11.3 Å². The van der Waals surface area contributed by atoms with Crippen molar-refractivity contribution in [3.05, 3.63) is 71.0 Å². The molecule has 0 spiro atoms. The zero-order valence-corrected chi connectivity index (χ0v) is 21.2. The van der Waals surface area contributed by atoms with Gasteiger partial charge in [0, 0.05) is 24.2 Å². The molecular formula is C28H29FN2O5. The first-order valence-electron chi connectivity index (χ1n) is 11.4. The molecule has 3 aromatic carbocycles. The Morgan fingerprint density at radius 1 is 1.03 bits per heavy atom. The fourth-order valence-electron chi connectivity index (χ4n) is 4.47. The molecule has 1 amide bonds. The summed E-state index contributed by atoms with van der Waals surface area (Å²) in [4.78, 5) is 27.1. The van der Waals surface area contributed by atoms with E-state index in [1.807, 2.05) is 32.9 Å². The number of carbonyl (C=O) groups excluding carboxylic acids is 2. The zero-order valence-electron chi connectivity index (χ0n) is 21.2. The second kappa shape index (κ2) is 9.53. The molecule has 8 heteroatoms. The molecule has 4 rings (SSSR count). The number of benzene rings is 3. The molecule has 0 saturated carbocycles. The van der Waals surface area contributed by atoms with Crippen LogP contribution in [0.3, 0.4) is 0 Å². The zero-order chi connectivity index (χ0) is 26.2. The third-order valence-electron chi connectivity index (χ3n) is 6.34. The summed E-state index contributed by atoms with van der Waals surface area (Å²) in [6, 6.07) is 13.1. The van der Waals surface area contributed by atoms with Gasteiger partial charge in [-0.1, -0.05) is 12.1 Å². The van der Waals surface area contributed by atoms with Gasteiger partial charge in [-0.2, -0.15) is 0 Å². The normalized spacial score (nSPS) is 14.1. The number of methoxy groups -OCH3 is 2. The number of halogens is 1. The molecule has 1 aliphatic heterocycles. The molecule has 1 heterocycles. The van der Waals surface area contributed by atoms with Gasteiger partial charge >= 0.3 is 5.97 Å². The van der Waals surface area contributed by atoms with Crippen molar-refractivity contribution in [2.45, 2.75) is 32.9 Å². The van der Waals surface area contributed by atoms with Crippen molar-refractivity contribution in [3.63, 3.8) is 0 Å². The molecule has 1 aliphatic rings. The second-order valence-corrected chi connectivity index (χ2v) is 9.21. The van der Waals surface area contributed by atoms with Gasteiger partial charge in [0.1, 0.15) is 29.5 Å². The van der Waals surface area contributed by atoms with Gasteiger partial charge in [-0.05, 0) is 62.2 Å². The largest absolute Gasteiger partial charge is 0.496 e. The van der Waals surface area contributed by atoms with Crippen molar-refractivity contribution in [2.75, 3.05) is 31.5 Å². The number of hydrogen-bond acceptors (Lipinski definition) is 6. The van der Waals surface area contributed by atoms with Crippen molar-refractivity contribution in [1.29, 1.82) is 0 Å².